The van der Waals surface area contributed by atoms with Gasteiger partial charge in [0, 0.05) is 12.6 Å². The maximum atomic E-state index is 12.2. The fraction of sp³-hybridized carbons (Fsp3) is 0.316. The Balaban J connectivity index is 2.01. The molecule has 1 atom stereocenters. The van der Waals surface area contributed by atoms with Gasteiger partial charge in [-0.05, 0) is 43.5 Å². The summed E-state index contributed by atoms with van der Waals surface area (Å²) in [6, 6.07) is 16.6. The maximum absolute atomic E-state index is 12.2. The summed E-state index contributed by atoms with van der Waals surface area (Å²) < 4.78 is 5.62. The summed E-state index contributed by atoms with van der Waals surface area (Å²) in [5.41, 5.74) is 13.8. The number of ether oxygens (including phenoxy) is 1. The summed E-state index contributed by atoms with van der Waals surface area (Å²) in [6.45, 7) is 4.20. The molecule has 2 rings (SSSR count). The monoisotopic (exact) mass is 312 g/mol. The quantitative estimate of drug-likeness (QED) is 0.804. The van der Waals surface area contributed by atoms with E-state index in [4.69, 9.17) is 16.2 Å². The van der Waals surface area contributed by atoms with Crippen LogP contribution in [0.5, 0.6) is 0 Å². The van der Waals surface area contributed by atoms with Gasteiger partial charge in [0.1, 0.15) is 5.60 Å². The molecule has 0 fully saturated rings. The van der Waals surface area contributed by atoms with Crippen LogP contribution in [0.2, 0.25) is 0 Å². The van der Waals surface area contributed by atoms with Crippen molar-refractivity contribution in [3.8, 4) is 0 Å². The van der Waals surface area contributed by atoms with E-state index in [1.165, 1.54) is 0 Å². The third kappa shape index (κ3) is 4.65. The number of rotatable bonds is 6. The molecule has 4 nitrogen and oxygen atoms in total. The second-order valence-corrected chi connectivity index (χ2v) is 6.19. The normalized spacial score (nSPS) is 12.7. The molecule has 2 aromatic rings. The van der Waals surface area contributed by atoms with Gasteiger partial charge in [-0.15, -0.1) is 0 Å². The molecule has 0 bridgehead atoms. The minimum atomic E-state index is -0.764. The first-order chi connectivity index (χ1) is 10.9. The van der Waals surface area contributed by atoms with Crippen LogP contribution >= 0.6 is 0 Å². The Morgan fingerprint density at radius 1 is 1.04 bits per heavy atom. The lowest BCUT2D eigenvalue weighted by Crippen LogP contribution is -2.48. The fourth-order valence-electron chi connectivity index (χ4n) is 2.26. The highest BCUT2D eigenvalue weighted by Gasteiger charge is 2.31. The van der Waals surface area contributed by atoms with Crippen LogP contribution in [0.25, 0.3) is 0 Å². The standard InChI is InChI=1S/C19H24N2O2/c1-19(2,23-18(22)16-6-4-3-5-7-16)17(21)12-14-8-10-15(13-20)11-9-14/h3-11,17H,12-13,20-21H2,1-2H3. The first-order valence-electron chi connectivity index (χ1n) is 7.74. The topological polar surface area (TPSA) is 78.3 Å². The highest BCUT2D eigenvalue weighted by molar-refractivity contribution is 5.89. The van der Waals surface area contributed by atoms with E-state index in [1.807, 2.05) is 56.3 Å². The van der Waals surface area contributed by atoms with Gasteiger partial charge in [0.15, 0.2) is 0 Å². The van der Waals surface area contributed by atoms with Gasteiger partial charge in [-0.25, -0.2) is 4.79 Å². The Morgan fingerprint density at radius 3 is 2.17 bits per heavy atom. The maximum Gasteiger partial charge on any atom is 0.338 e. The van der Waals surface area contributed by atoms with E-state index in [0.29, 0.717) is 18.5 Å². The Kier molecular flexibility index (Phi) is 5.53. The van der Waals surface area contributed by atoms with Crippen molar-refractivity contribution in [2.45, 2.75) is 38.5 Å². The number of hydrogen-bond acceptors (Lipinski definition) is 4. The highest BCUT2D eigenvalue weighted by Crippen LogP contribution is 2.20. The number of nitrogens with two attached hydrogens (primary N) is 2. The minimum absolute atomic E-state index is 0.307. The highest BCUT2D eigenvalue weighted by atomic mass is 16.6. The van der Waals surface area contributed by atoms with Crippen LogP contribution in [0, 0.1) is 0 Å². The van der Waals surface area contributed by atoms with Gasteiger partial charge >= 0.3 is 5.97 Å². The van der Waals surface area contributed by atoms with Crippen LogP contribution < -0.4 is 11.5 Å². The third-order valence-electron chi connectivity index (χ3n) is 3.97. The van der Waals surface area contributed by atoms with Crippen LogP contribution in [0.15, 0.2) is 54.6 Å². The second-order valence-electron chi connectivity index (χ2n) is 6.19. The molecule has 0 aliphatic carbocycles. The predicted octanol–water partition coefficient (Wildman–Crippen LogP) is 2.65. The molecule has 0 aliphatic heterocycles. The van der Waals surface area contributed by atoms with E-state index in [1.54, 1.807) is 12.1 Å². The van der Waals surface area contributed by atoms with Crippen molar-refractivity contribution in [3.05, 3.63) is 71.3 Å². The van der Waals surface area contributed by atoms with E-state index in [2.05, 4.69) is 0 Å². The van der Waals surface area contributed by atoms with Crippen molar-refractivity contribution in [1.29, 1.82) is 0 Å². The molecule has 0 aliphatic rings. The summed E-state index contributed by atoms with van der Waals surface area (Å²) in [6.07, 6.45) is 0.625. The van der Waals surface area contributed by atoms with Gasteiger partial charge in [-0.3, -0.25) is 0 Å². The molecule has 0 saturated heterocycles. The number of carbonyl (C=O) groups is 1. The Labute approximate surface area is 137 Å². The molecule has 0 heterocycles. The van der Waals surface area contributed by atoms with Gasteiger partial charge in [0.2, 0.25) is 0 Å². The zero-order valence-corrected chi connectivity index (χ0v) is 13.7. The Bertz CT molecular complexity index is 636. The molecule has 0 radical (unpaired) electrons. The average molecular weight is 312 g/mol. The molecule has 2 aromatic carbocycles. The zero-order chi connectivity index (χ0) is 16.9. The minimum Gasteiger partial charge on any atom is -0.454 e. The number of esters is 1. The first-order valence-corrected chi connectivity index (χ1v) is 7.74. The molecule has 0 saturated carbocycles. The van der Waals surface area contributed by atoms with Crippen LogP contribution in [0.4, 0.5) is 0 Å². The smallest absolute Gasteiger partial charge is 0.338 e. The number of carbonyl (C=O) groups excluding carboxylic acids is 1. The molecule has 1 unspecified atom stereocenters. The molecule has 122 valence electrons. The molecule has 23 heavy (non-hydrogen) atoms. The van der Waals surface area contributed by atoms with Gasteiger partial charge in [-0.2, -0.15) is 0 Å². The average Bonchev–Trinajstić information content (AvgIpc) is 2.56. The van der Waals surface area contributed by atoms with Crippen LogP contribution in [0.1, 0.15) is 35.3 Å². The molecular weight excluding hydrogens is 288 g/mol. The molecule has 4 heteroatoms. The zero-order valence-electron chi connectivity index (χ0n) is 13.7. The summed E-state index contributed by atoms with van der Waals surface area (Å²) in [5.74, 6) is -0.357. The molecule has 0 amide bonds. The summed E-state index contributed by atoms with van der Waals surface area (Å²) in [4.78, 5) is 12.2. The lowest BCUT2D eigenvalue weighted by Gasteiger charge is -2.31. The van der Waals surface area contributed by atoms with E-state index in [9.17, 15) is 4.79 Å². The first kappa shape index (κ1) is 17.2. The largest absolute Gasteiger partial charge is 0.454 e. The van der Waals surface area contributed by atoms with Gasteiger partial charge in [0.25, 0.3) is 0 Å². The second kappa shape index (κ2) is 7.40. The summed E-state index contributed by atoms with van der Waals surface area (Å²) >= 11 is 0. The van der Waals surface area contributed by atoms with E-state index in [-0.39, 0.29) is 12.0 Å². The fourth-order valence-corrected chi connectivity index (χ4v) is 2.26. The van der Waals surface area contributed by atoms with E-state index in [0.717, 1.165) is 11.1 Å². The van der Waals surface area contributed by atoms with Crippen molar-refractivity contribution >= 4 is 5.97 Å². The van der Waals surface area contributed by atoms with Crippen LogP contribution in [-0.4, -0.2) is 17.6 Å². The molecule has 0 spiro atoms. The lowest BCUT2D eigenvalue weighted by atomic mass is 9.92. The van der Waals surface area contributed by atoms with Crippen molar-refractivity contribution < 1.29 is 9.53 Å². The van der Waals surface area contributed by atoms with E-state index < -0.39 is 5.60 Å². The number of benzene rings is 2. The van der Waals surface area contributed by atoms with Crippen LogP contribution in [0.3, 0.4) is 0 Å². The van der Waals surface area contributed by atoms with Crippen molar-refractivity contribution in [1.82, 2.24) is 0 Å². The van der Waals surface area contributed by atoms with Gasteiger partial charge in [0.05, 0.1) is 5.56 Å². The summed E-state index contributed by atoms with van der Waals surface area (Å²) in [5, 5.41) is 0. The summed E-state index contributed by atoms with van der Waals surface area (Å²) in [7, 11) is 0. The van der Waals surface area contributed by atoms with Crippen molar-refractivity contribution in [2.75, 3.05) is 0 Å². The lowest BCUT2D eigenvalue weighted by molar-refractivity contribution is -0.0124. The van der Waals surface area contributed by atoms with Crippen molar-refractivity contribution in [3.63, 3.8) is 0 Å². The van der Waals surface area contributed by atoms with Crippen LogP contribution in [-0.2, 0) is 17.7 Å². The molecular formula is C19H24N2O2. The Morgan fingerprint density at radius 2 is 1.61 bits per heavy atom. The van der Waals surface area contributed by atoms with Crippen molar-refractivity contribution in [2.24, 2.45) is 11.5 Å². The Hall–Kier alpha value is -2.17. The molecule has 4 N–H and O–H groups in total. The predicted molar refractivity (Wildman–Crippen MR) is 91.9 cm³/mol. The number of hydrogen-bond donors (Lipinski definition) is 2. The molecule has 0 aromatic heterocycles. The third-order valence-corrected chi connectivity index (χ3v) is 3.97. The van der Waals surface area contributed by atoms with E-state index >= 15 is 0 Å². The van der Waals surface area contributed by atoms with Gasteiger partial charge in [-0.1, -0.05) is 42.5 Å². The van der Waals surface area contributed by atoms with Gasteiger partial charge < -0.3 is 16.2 Å². The SMILES string of the molecule is CC(C)(OC(=O)c1ccccc1)C(N)Cc1ccc(CN)cc1.